The molecule has 0 unspecified atom stereocenters. The highest BCUT2D eigenvalue weighted by Crippen LogP contribution is 2.47. The van der Waals surface area contributed by atoms with Gasteiger partial charge < -0.3 is 15.0 Å². The molecule has 5 heteroatoms. The van der Waals surface area contributed by atoms with E-state index in [4.69, 9.17) is 16.3 Å². The first-order valence-corrected chi connectivity index (χ1v) is 7.40. The van der Waals surface area contributed by atoms with Crippen LogP contribution in [0.4, 0.5) is 0 Å². The molecule has 1 N–H and O–H groups in total. The zero-order chi connectivity index (χ0) is 13.9. The second kappa shape index (κ2) is 4.12. The SMILES string of the molecule is CN1Cc2c(OC3CC4(CNC4)C3)ccc(Cl)c2C1=O. The van der Waals surface area contributed by atoms with Crippen LogP contribution < -0.4 is 10.1 Å². The third-order valence-electron chi connectivity index (χ3n) is 4.79. The fourth-order valence-corrected chi connectivity index (χ4v) is 3.79. The molecule has 1 saturated heterocycles. The van der Waals surface area contributed by atoms with Gasteiger partial charge in [0.1, 0.15) is 5.75 Å². The summed E-state index contributed by atoms with van der Waals surface area (Å²) < 4.78 is 6.11. The molecule has 1 aromatic carbocycles. The number of rotatable bonds is 2. The first-order chi connectivity index (χ1) is 9.58. The predicted octanol–water partition coefficient (Wildman–Crippen LogP) is 2.06. The van der Waals surface area contributed by atoms with Crippen molar-refractivity contribution in [1.82, 2.24) is 10.2 Å². The van der Waals surface area contributed by atoms with Crippen molar-refractivity contribution in [3.05, 3.63) is 28.3 Å². The highest BCUT2D eigenvalue weighted by atomic mass is 35.5. The van der Waals surface area contributed by atoms with E-state index >= 15 is 0 Å². The number of amides is 1. The van der Waals surface area contributed by atoms with Gasteiger partial charge in [0.05, 0.1) is 23.2 Å². The van der Waals surface area contributed by atoms with Crippen molar-refractivity contribution in [2.45, 2.75) is 25.5 Å². The number of benzene rings is 1. The number of fused-ring (bicyclic) bond motifs is 1. The molecule has 1 spiro atoms. The van der Waals surface area contributed by atoms with Crippen molar-refractivity contribution >= 4 is 17.5 Å². The van der Waals surface area contributed by atoms with Crippen molar-refractivity contribution in [3.63, 3.8) is 0 Å². The van der Waals surface area contributed by atoms with Gasteiger partial charge in [0.2, 0.25) is 0 Å². The average molecular weight is 293 g/mol. The number of ether oxygens (including phenoxy) is 1. The van der Waals surface area contributed by atoms with Crippen LogP contribution in [0.15, 0.2) is 12.1 Å². The number of carbonyl (C=O) groups is 1. The van der Waals surface area contributed by atoms with Crippen molar-refractivity contribution in [1.29, 1.82) is 0 Å². The highest BCUT2D eigenvalue weighted by molar-refractivity contribution is 6.34. The molecular formula is C15H17ClN2O2. The second-order valence-corrected chi connectivity index (χ2v) is 6.72. The Morgan fingerprint density at radius 3 is 2.80 bits per heavy atom. The van der Waals surface area contributed by atoms with Gasteiger partial charge in [-0.3, -0.25) is 4.79 Å². The molecule has 1 saturated carbocycles. The van der Waals surface area contributed by atoms with Gasteiger partial charge in [-0.05, 0) is 25.0 Å². The molecule has 0 bridgehead atoms. The number of nitrogens with zero attached hydrogens (tertiary/aromatic N) is 1. The predicted molar refractivity (Wildman–Crippen MR) is 76.2 cm³/mol. The summed E-state index contributed by atoms with van der Waals surface area (Å²) in [6.45, 7) is 2.82. The van der Waals surface area contributed by atoms with E-state index in [2.05, 4.69) is 5.32 Å². The normalized spacial score (nSPS) is 23.5. The minimum Gasteiger partial charge on any atom is -0.490 e. The van der Waals surface area contributed by atoms with Crippen molar-refractivity contribution < 1.29 is 9.53 Å². The van der Waals surface area contributed by atoms with E-state index in [9.17, 15) is 4.79 Å². The van der Waals surface area contributed by atoms with Crippen LogP contribution in [0.5, 0.6) is 5.75 Å². The van der Waals surface area contributed by atoms with E-state index < -0.39 is 0 Å². The molecule has 0 atom stereocenters. The summed E-state index contributed by atoms with van der Waals surface area (Å²) in [6.07, 6.45) is 2.51. The van der Waals surface area contributed by atoms with Gasteiger partial charge in [-0.2, -0.15) is 0 Å². The van der Waals surface area contributed by atoms with Crippen molar-refractivity contribution in [2.75, 3.05) is 20.1 Å². The topological polar surface area (TPSA) is 41.6 Å². The molecule has 2 aliphatic heterocycles. The molecule has 0 aromatic heterocycles. The fraction of sp³-hybridized carbons (Fsp3) is 0.533. The monoisotopic (exact) mass is 292 g/mol. The molecule has 4 rings (SSSR count). The summed E-state index contributed by atoms with van der Waals surface area (Å²) in [7, 11) is 1.79. The highest BCUT2D eigenvalue weighted by Gasteiger charge is 2.49. The van der Waals surface area contributed by atoms with Gasteiger partial charge in [0.25, 0.3) is 5.91 Å². The Morgan fingerprint density at radius 1 is 1.40 bits per heavy atom. The molecule has 1 aromatic rings. The molecule has 106 valence electrons. The lowest BCUT2D eigenvalue weighted by molar-refractivity contribution is -0.0499. The third kappa shape index (κ3) is 1.68. The van der Waals surface area contributed by atoms with Gasteiger partial charge in [-0.25, -0.2) is 0 Å². The molecule has 2 fully saturated rings. The Kier molecular flexibility index (Phi) is 2.57. The van der Waals surface area contributed by atoms with Crippen LogP contribution in [0, 0.1) is 5.41 Å². The Hall–Kier alpha value is -1.26. The van der Waals surface area contributed by atoms with Gasteiger partial charge >= 0.3 is 0 Å². The summed E-state index contributed by atoms with van der Waals surface area (Å²) >= 11 is 6.15. The fourth-order valence-electron chi connectivity index (χ4n) is 3.53. The Morgan fingerprint density at radius 2 is 2.15 bits per heavy atom. The number of halogens is 1. The van der Waals surface area contributed by atoms with Gasteiger partial charge in [-0.15, -0.1) is 0 Å². The van der Waals surface area contributed by atoms with E-state index in [0.717, 1.165) is 37.2 Å². The van der Waals surface area contributed by atoms with Crippen molar-refractivity contribution in [3.8, 4) is 5.75 Å². The van der Waals surface area contributed by atoms with Crippen LogP contribution >= 0.6 is 11.6 Å². The molecule has 1 aliphatic carbocycles. The molecule has 3 aliphatic rings. The number of hydrogen-bond donors (Lipinski definition) is 1. The summed E-state index contributed by atoms with van der Waals surface area (Å²) in [5, 5.41) is 3.85. The summed E-state index contributed by atoms with van der Waals surface area (Å²) in [4.78, 5) is 13.8. The van der Waals surface area contributed by atoms with E-state index in [-0.39, 0.29) is 12.0 Å². The van der Waals surface area contributed by atoms with Gasteiger partial charge in [-0.1, -0.05) is 11.6 Å². The molecule has 20 heavy (non-hydrogen) atoms. The average Bonchev–Trinajstić information content (AvgIpc) is 2.61. The van der Waals surface area contributed by atoms with Crippen LogP contribution in [-0.4, -0.2) is 37.0 Å². The zero-order valence-electron chi connectivity index (χ0n) is 11.4. The van der Waals surface area contributed by atoms with Gasteiger partial charge in [0, 0.05) is 31.1 Å². The largest absolute Gasteiger partial charge is 0.490 e. The maximum atomic E-state index is 12.1. The van der Waals surface area contributed by atoms with Crippen LogP contribution in [-0.2, 0) is 6.54 Å². The summed E-state index contributed by atoms with van der Waals surface area (Å²) in [6, 6.07) is 3.67. The van der Waals surface area contributed by atoms with E-state index in [0.29, 0.717) is 22.5 Å². The minimum absolute atomic E-state index is 0.0104. The van der Waals surface area contributed by atoms with Crippen LogP contribution in [0.3, 0.4) is 0 Å². The molecule has 4 nitrogen and oxygen atoms in total. The zero-order valence-corrected chi connectivity index (χ0v) is 12.2. The van der Waals surface area contributed by atoms with Crippen LogP contribution in [0.1, 0.15) is 28.8 Å². The number of nitrogens with one attached hydrogen (secondary N) is 1. The van der Waals surface area contributed by atoms with Crippen LogP contribution in [0.25, 0.3) is 0 Å². The molecule has 0 radical (unpaired) electrons. The van der Waals surface area contributed by atoms with E-state index in [1.807, 2.05) is 6.07 Å². The Bertz CT molecular complexity index is 590. The van der Waals surface area contributed by atoms with E-state index in [1.54, 1.807) is 18.0 Å². The van der Waals surface area contributed by atoms with E-state index in [1.165, 1.54) is 0 Å². The van der Waals surface area contributed by atoms with Crippen LogP contribution in [0.2, 0.25) is 5.02 Å². The minimum atomic E-state index is -0.0104. The molecular weight excluding hydrogens is 276 g/mol. The maximum absolute atomic E-state index is 12.1. The quantitative estimate of drug-likeness (QED) is 0.907. The summed E-state index contributed by atoms with van der Waals surface area (Å²) in [5.74, 6) is 0.818. The lowest BCUT2D eigenvalue weighted by Gasteiger charge is -2.53. The third-order valence-corrected chi connectivity index (χ3v) is 5.10. The standard InChI is InChI=1S/C15H17ClN2O2/c1-18-6-10-12(3-2-11(16)13(10)14(18)19)20-9-4-15(5-9)7-17-8-15/h2-3,9,17H,4-8H2,1H3. The van der Waals surface area contributed by atoms with Gasteiger partial charge in [0.15, 0.2) is 0 Å². The first-order valence-electron chi connectivity index (χ1n) is 7.02. The number of carbonyl (C=O) groups excluding carboxylic acids is 1. The first kappa shape index (κ1) is 12.5. The Balaban J connectivity index is 1.56. The molecule has 2 heterocycles. The molecule has 1 amide bonds. The smallest absolute Gasteiger partial charge is 0.255 e. The number of hydrogen-bond acceptors (Lipinski definition) is 3. The second-order valence-electron chi connectivity index (χ2n) is 6.31. The van der Waals surface area contributed by atoms with Crippen molar-refractivity contribution in [2.24, 2.45) is 5.41 Å². The maximum Gasteiger partial charge on any atom is 0.255 e. The Labute approximate surface area is 123 Å². The summed E-state index contributed by atoms with van der Waals surface area (Å²) in [5.41, 5.74) is 2.05. The lowest BCUT2D eigenvalue weighted by Crippen LogP contribution is -2.62. The lowest BCUT2D eigenvalue weighted by atomic mass is 9.63.